The zero-order valence-electron chi connectivity index (χ0n) is 16.1. The van der Waals surface area contributed by atoms with Crippen molar-refractivity contribution in [2.75, 3.05) is 12.3 Å². The van der Waals surface area contributed by atoms with Gasteiger partial charge in [-0.05, 0) is 68.7 Å². The molecule has 0 spiro atoms. The van der Waals surface area contributed by atoms with Crippen LogP contribution in [0.15, 0.2) is 27.8 Å². The third-order valence-electron chi connectivity index (χ3n) is 6.04. The molecule has 2 atom stereocenters. The minimum absolute atomic E-state index is 0.211. The molecular formula is C21H27N3O2S. The number of aryl methyl sites for hydroxylation is 2. The van der Waals surface area contributed by atoms with Crippen LogP contribution in [-0.4, -0.2) is 39.3 Å². The molecule has 1 aliphatic heterocycles. The standard InChI is InChI=1S/C21H27N3O2S/c1-14-9-10-17(12-15(14)2)20-22-23-21(26-20)27-13-19(25)24-11-5-7-16-6-3-4-8-18(16)24/h9-10,12,16,18H,3-8,11,13H2,1-2H3. The minimum atomic E-state index is 0.211. The molecule has 5 nitrogen and oxygen atoms in total. The number of nitrogens with zero attached hydrogens (tertiary/aromatic N) is 3. The monoisotopic (exact) mass is 385 g/mol. The number of aromatic nitrogens is 2. The summed E-state index contributed by atoms with van der Waals surface area (Å²) in [6.07, 6.45) is 7.44. The first-order valence-corrected chi connectivity index (χ1v) is 10.9. The summed E-state index contributed by atoms with van der Waals surface area (Å²) in [6, 6.07) is 6.56. The lowest BCUT2D eigenvalue weighted by Gasteiger charge is -2.44. The molecule has 1 aliphatic carbocycles. The number of amides is 1. The van der Waals surface area contributed by atoms with Crippen LogP contribution in [-0.2, 0) is 4.79 Å². The Balaban J connectivity index is 1.38. The van der Waals surface area contributed by atoms with Crippen LogP contribution in [0.5, 0.6) is 0 Å². The molecular weight excluding hydrogens is 358 g/mol. The lowest BCUT2D eigenvalue weighted by molar-refractivity contribution is -0.134. The highest BCUT2D eigenvalue weighted by atomic mass is 32.2. The average molecular weight is 386 g/mol. The summed E-state index contributed by atoms with van der Waals surface area (Å²) in [5.41, 5.74) is 3.35. The third-order valence-corrected chi connectivity index (χ3v) is 6.85. The number of hydrogen-bond donors (Lipinski definition) is 0. The molecule has 0 bridgehead atoms. The van der Waals surface area contributed by atoms with Gasteiger partial charge in [0, 0.05) is 18.2 Å². The number of likely N-dealkylation sites (tertiary alicyclic amines) is 1. The highest BCUT2D eigenvalue weighted by Crippen LogP contribution is 2.35. The van der Waals surface area contributed by atoms with Crippen molar-refractivity contribution in [3.8, 4) is 11.5 Å². The summed E-state index contributed by atoms with van der Waals surface area (Å²) in [5, 5.41) is 8.74. The van der Waals surface area contributed by atoms with E-state index in [1.54, 1.807) is 0 Å². The Morgan fingerprint density at radius 1 is 1.15 bits per heavy atom. The van der Waals surface area contributed by atoms with Gasteiger partial charge in [0.1, 0.15) is 0 Å². The molecule has 1 saturated carbocycles. The number of thioether (sulfide) groups is 1. The number of rotatable bonds is 4. The normalized spacial score (nSPS) is 22.5. The predicted octanol–water partition coefficient (Wildman–Crippen LogP) is 4.63. The van der Waals surface area contributed by atoms with Crippen LogP contribution in [0.25, 0.3) is 11.5 Å². The zero-order chi connectivity index (χ0) is 18.8. The zero-order valence-corrected chi connectivity index (χ0v) is 16.9. The van der Waals surface area contributed by atoms with Gasteiger partial charge in [-0.2, -0.15) is 0 Å². The van der Waals surface area contributed by atoms with Crippen molar-refractivity contribution in [2.24, 2.45) is 5.92 Å². The number of fused-ring (bicyclic) bond motifs is 1. The van der Waals surface area contributed by atoms with Crippen LogP contribution in [0.2, 0.25) is 0 Å². The molecule has 2 heterocycles. The fraction of sp³-hybridized carbons (Fsp3) is 0.571. The lowest BCUT2D eigenvalue weighted by atomic mass is 9.78. The SMILES string of the molecule is Cc1ccc(-c2nnc(SCC(=O)N3CCCC4CCCCC43)o2)cc1C. The van der Waals surface area contributed by atoms with Crippen molar-refractivity contribution in [1.29, 1.82) is 0 Å². The van der Waals surface area contributed by atoms with Gasteiger partial charge in [0.2, 0.25) is 11.8 Å². The first-order chi connectivity index (χ1) is 13.1. The molecule has 4 rings (SSSR count). The molecule has 0 radical (unpaired) electrons. The van der Waals surface area contributed by atoms with E-state index in [0.29, 0.717) is 28.8 Å². The lowest BCUT2D eigenvalue weighted by Crippen LogP contribution is -2.50. The van der Waals surface area contributed by atoms with E-state index >= 15 is 0 Å². The van der Waals surface area contributed by atoms with Crippen LogP contribution < -0.4 is 0 Å². The van der Waals surface area contributed by atoms with E-state index in [1.807, 2.05) is 6.07 Å². The number of carbonyl (C=O) groups excluding carboxylic acids is 1. The molecule has 1 aromatic heterocycles. The van der Waals surface area contributed by atoms with Crippen LogP contribution in [0.3, 0.4) is 0 Å². The minimum Gasteiger partial charge on any atom is -0.411 e. The number of carbonyl (C=O) groups is 1. The molecule has 2 fully saturated rings. The number of hydrogen-bond acceptors (Lipinski definition) is 5. The van der Waals surface area contributed by atoms with Crippen LogP contribution >= 0.6 is 11.8 Å². The van der Waals surface area contributed by atoms with Gasteiger partial charge in [0.15, 0.2) is 0 Å². The van der Waals surface area contributed by atoms with Crippen molar-refractivity contribution in [1.82, 2.24) is 15.1 Å². The predicted molar refractivity (Wildman–Crippen MR) is 107 cm³/mol. The fourth-order valence-corrected chi connectivity index (χ4v) is 5.05. The van der Waals surface area contributed by atoms with E-state index < -0.39 is 0 Å². The van der Waals surface area contributed by atoms with Gasteiger partial charge in [0.05, 0.1) is 5.75 Å². The largest absolute Gasteiger partial charge is 0.411 e. The van der Waals surface area contributed by atoms with Gasteiger partial charge in [-0.15, -0.1) is 10.2 Å². The Morgan fingerprint density at radius 2 is 1.96 bits per heavy atom. The molecule has 1 aromatic carbocycles. The van der Waals surface area contributed by atoms with Crippen molar-refractivity contribution in [3.05, 3.63) is 29.3 Å². The Labute approximate surface area is 164 Å². The van der Waals surface area contributed by atoms with E-state index in [1.165, 1.54) is 55.0 Å². The van der Waals surface area contributed by atoms with E-state index in [-0.39, 0.29) is 5.91 Å². The topological polar surface area (TPSA) is 59.2 Å². The molecule has 144 valence electrons. The van der Waals surface area contributed by atoms with Crippen molar-refractivity contribution in [2.45, 2.75) is 63.6 Å². The quantitative estimate of drug-likeness (QED) is 0.718. The van der Waals surface area contributed by atoms with E-state index in [0.717, 1.165) is 18.5 Å². The average Bonchev–Trinajstić information content (AvgIpc) is 3.17. The summed E-state index contributed by atoms with van der Waals surface area (Å²) >= 11 is 1.35. The van der Waals surface area contributed by atoms with Crippen LogP contribution in [0.1, 0.15) is 49.7 Å². The summed E-state index contributed by atoms with van der Waals surface area (Å²) < 4.78 is 5.78. The van der Waals surface area contributed by atoms with Gasteiger partial charge in [0.25, 0.3) is 5.22 Å². The fourth-order valence-electron chi connectivity index (χ4n) is 4.40. The Bertz CT molecular complexity index is 818. The molecule has 1 amide bonds. The number of piperidine rings is 1. The molecule has 0 N–H and O–H groups in total. The molecule has 6 heteroatoms. The highest BCUT2D eigenvalue weighted by molar-refractivity contribution is 7.99. The van der Waals surface area contributed by atoms with Crippen molar-refractivity contribution < 1.29 is 9.21 Å². The maximum atomic E-state index is 12.8. The first-order valence-electron chi connectivity index (χ1n) is 9.95. The molecule has 2 aromatic rings. The Kier molecular flexibility index (Phi) is 5.53. The van der Waals surface area contributed by atoms with Crippen molar-refractivity contribution >= 4 is 17.7 Å². The van der Waals surface area contributed by atoms with Crippen LogP contribution in [0.4, 0.5) is 0 Å². The molecule has 27 heavy (non-hydrogen) atoms. The Morgan fingerprint density at radius 3 is 2.81 bits per heavy atom. The third kappa shape index (κ3) is 4.05. The van der Waals surface area contributed by atoms with Crippen molar-refractivity contribution in [3.63, 3.8) is 0 Å². The second kappa shape index (κ2) is 8.05. The highest BCUT2D eigenvalue weighted by Gasteiger charge is 2.35. The molecule has 2 aliphatic rings. The van der Waals surface area contributed by atoms with Gasteiger partial charge in [-0.25, -0.2) is 0 Å². The van der Waals surface area contributed by atoms with E-state index in [9.17, 15) is 4.79 Å². The summed E-state index contributed by atoms with van der Waals surface area (Å²) in [5.74, 6) is 1.81. The van der Waals surface area contributed by atoms with Gasteiger partial charge in [-0.3, -0.25) is 4.79 Å². The second-order valence-electron chi connectivity index (χ2n) is 7.80. The van der Waals surface area contributed by atoms with E-state index in [2.05, 4.69) is 41.1 Å². The maximum absolute atomic E-state index is 12.8. The maximum Gasteiger partial charge on any atom is 0.277 e. The van der Waals surface area contributed by atoms with Gasteiger partial charge >= 0.3 is 0 Å². The van der Waals surface area contributed by atoms with Gasteiger partial charge < -0.3 is 9.32 Å². The second-order valence-corrected chi connectivity index (χ2v) is 8.73. The molecule has 2 unspecified atom stereocenters. The summed E-state index contributed by atoms with van der Waals surface area (Å²) in [4.78, 5) is 14.9. The Hall–Kier alpha value is -1.82. The first kappa shape index (κ1) is 18.5. The molecule has 1 saturated heterocycles. The summed E-state index contributed by atoms with van der Waals surface area (Å²) in [6.45, 7) is 5.05. The van der Waals surface area contributed by atoms with Gasteiger partial charge in [-0.1, -0.05) is 30.7 Å². The smallest absolute Gasteiger partial charge is 0.277 e. The van der Waals surface area contributed by atoms with E-state index in [4.69, 9.17) is 4.42 Å². The number of benzene rings is 1. The van der Waals surface area contributed by atoms with Crippen LogP contribution in [0, 0.1) is 19.8 Å². The summed E-state index contributed by atoms with van der Waals surface area (Å²) in [7, 11) is 0.